The number of methoxy groups -OCH3 is 1. The van der Waals surface area contributed by atoms with Gasteiger partial charge in [0.25, 0.3) is 0 Å². The smallest absolute Gasteiger partial charge is 0.121 e. The van der Waals surface area contributed by atoms with E-state index in [2.05, 4.69) is 71.7 Å². The number of hydrogen-bond donors (Lipinski definition) is 1. The summed E-state index contributed by atoms with van der Waals surface area (Å²) in [7, 11) is 1.72. The topological polar surface area (TPSA) is 39.1 Å². The molecule has 0 saturated carbocycles. The average Bonchev–Trinajstić information content (AvgIpc) is 3.11. The molecule has 0 aliphatic heterocycles. The van der Waals surface area contributed by atoms with Crippen LogP contribution in [0.2, 0.25) is 0 Å². The third-order valence-electron chi connectivity index (χ3n) is 5.45. The Balaban J connectivity index is 1.46. The van der Waals surface area contributed by atoms with E-state index in [1.54, 1.807) is 7.11 Å². The van der Waals surface area contributed by atoms with E-state index in [-0.39, 0.29) is 0 Å². The molecule has 1 aliphatic rings. The van der Waals surface area contributed by atoms with Gasteiger partial charge in [0.15, 0.2) is 0 Å². The Hall–Kier alpha value is -2.59. The van der Waals surface area contributed by atoms with Crippen molar-refractivity contribution in [1.82, 2.24) is 15.1 Å². The van der Waals surface area contributed by atoms with Crippen LogP contribution in [0.5, 0.6) is 5.75 Å². The predicted molar refractivity (Wildman–Crippen MR) is 108 cm³/mol. The molecule has 1 aliphatic carbocycles. The van der Waals surface area contributed by atoms with Crippen LogP contribution in [0.25, 0.3) is 0 Å². The molecule has 0 saturated heterocycles. The largest absolute Gasteiger partial charge is 0.496 e. The van der Waals surface area contributed by atoms with Gasteiger partial charge >= 0.3 is 0 Å². The molecule has 4 rings (SSSR count). The SMILES string of the molecule is COc1ccc(CN[C@@H]2CCCc3c2cnn3Cc2ccccc2)cc1C. The summed E-state index contributed by atoms with van der Waals surface area (Å²) in [5, 5.41) is 8.44. The van der Waals surface area contributed by atoms with Gasteiger partial charge in [-0.3, -0.25) is 4.68 Å². The quantitative estimate of drug-likeness (QED) is 0.707. The molecule has 4 heteroatoms. The Kier molecular flexibility index (Phi) is 5.26. The van der Waals surface area contributed by atoms with Crippen LogP contribution in [0.4, 0.5) is 0 Å². The van der Waals surface area contributed by atoms with Crippen molar-refractivity contribution in [2.45, 2.75) is 45.3 Å². The standard InChI is InChI=1S/C23H27N3O/c1-17-13-19(11-12-23(17)27-2)14-24-21-9-6-10-22-20(21)15-25-26(22)16-18-7-4-3-5-8-18/h3-5,7-8,11-13,15,21,24H,6,9-10,14,16H2,1-2H3/t21-/m1/s1. The number of fused-ring (bicyclic) bond motifs is 1. The van der Waals surface area contributed by atoms with Crippen LogP contribution >= 0.6 is 0 Å². The number of hydrogen-bond acceptors (Lipinski definition) is 3. The second-order valence-electron chi connectivity index (χ2n) is 7.32. The van der Waals surface area contributed by atoms with E-state index in [4.69, 9.17) is 9.84 Å². The predicted octanol–water partition coefficient (Wildman–Crippen LogP) is 4.42. The van der Waals surface area contributed by atoms with Gasteiger partial charge in [0, 0.05) is 23.8 Å². The van der Waals surface area contributed by atoms with Crippen molar-refractivity contribution in [1.29, 1.82) is 0 Å². The third-order valence-corrected chi connectivity index (χ3v) is 5.45. The molecule has 0 bridgehead atoms. The van der Waals surface area contributed by atoms with Gasteiger partial charge in [0.05, 0.1) is 19.9 Å². The molecule has 0 spiro atoms. The van der Waals surface area contributed by atoms with Gasteiger partial charge in [0.2, 0.25) is 0 Å². The van der Waals surface area contributed by atoms with E-state index in [9.17, 15) is 0 Å². The lowest BCUT2D eigenvalue weighted by atomic mass is 9.92. The van der Waals surface area contributed by atoms with Gasteiger partial charge in [-0.25, -0.2) is 0 Å². The van der Waals surface area contributed by atoms with Crippen LogP contribution in [-0.2, 0) is 19.5 Å². The highest BCUT2D eigenvalue weighted by Gasteiger charge is 2.24. The van der Waals surface area contributed by atoms with Crippen LogP contribution in [0.3, 0.4) is 0 Å². The molecule has 27 heavy (non-hydrogen) atoms. The maximum atomic E-state index is 5.36. The van der Waals surface area contributed by atoms with E-state index in [0.717, 1.165) is 25.3 Å². The summed E-state index contributed by atoms with van der Waals surface area (Å²) in [4.78, 5) is 0. The van der Waals surface area contributed by atoms with Crippen LogP contribution in [0.1, 0.15) is 46.8 Å². The fraction of sp³-hybridized carbons (Fsp3) is 0.348. The van der Waals surface area contributed by atoms with Crippen LogP contribution in [0.15, 0.2) is 54.7 Å². The maximum absolute atomic E-state index is 5.36. The summed E-state index contributed by atoms with van der Waals surface area (Å²) < 4.78 is 7.54. The molecule has 1 aromatic heterocycles. The first-order chi connectivity index (χ1) is 13.2. The molecular formula is C23H27N3O. The summed E-state index contributed by atoms with van der Waals surface area (Å²) in [5.74, 6) is 0.945. The molecule has 0 fully saturated rings. The van der Waals surface area contributed by atoms with E-state index < -0.39 is 0 Å². The second kappa shape index (κ2) is 7.97. The highest BCUT2D eigenvalue weighted by molar-refractivity contribution is 5.36. The molecule has 1 atom stereocenters. The first kappa shape index (κ1) is 17.8. The van der Waals surface area contributed by atoms with Gasteiger partial charge < -0.3 is 10.1 Å². The Morgan fingerprint density at radius 3 is 2.78 bits per heavy atom. The zero-order valence-corrected chi connectivity index (χ0v) is 16.1. The number of benzene rings is 2. The minimum atomic E-state index is 0.376. The van der Waals surface area contributed by atoms with Crippen molar-refractivity contribution in [2.75, 3.05) is 7.11 Å². The number of rotatable bonds is 6. The van der Waals surface area contributed by atoms with Crippen LogP contribution in [-0.4, -0.2) is 16.9 Å². The number of ether oxygens (including phenoxy) is 1. The van der Waals surface area contributed by atoms with Crippen LogP contribution < -0.4 is 10.1 Å². The van der Waals surface area contributed by atoms with Gasteiger partial charge in [-0.2, -0.15) is 5.10 Å². The lowest BCUT2D eigenvalue weighted by Crippen LogP contribution is -2.25. The van der Waals surface area contributed by atoms with Crippen molar-refractivity contribution in [3.8, 4) is 5.75 Å². The number of aromatic nitrogens is 2. The van der Waals surface area contributed by atoms with Crippen LogP contribution in [0, 0.1) is 6.92 Å². The molecule has 2 aromatic carbocycles. The lowest BCUT2D eigenvalue weighted by Gasteiger charge is -2.24. The zero-order chi connectivity index (χ0) is 18.6. The minimum absolute atomic E-state index is 0.376. The average molecular weight is 361 g/mol. The zero-order valence-electron chi connectivity index (χ0n) is 16.1. The molecule has 4 nitrogen and oxygen atoms in total. The van der Waals surface area contributed by atoms with Gasteiger partial charge in [0.1, 0.15) is 5.75 Å². The second-order valence-corrected chi connectivity index (χ2v) is 7.32. The first-order valence-corrected chi connectivity index (χ1v) is 9.70. The maximum Gasteiger partial charge on any atom is 0.121 e. The van der Waals surface area contributed by atoms with E-state index in [1.807, 2.05) is 0 Å². The monoisotopic (exact) mass is 361 g/mol. The Morgan fingerprint density at radius 2 is 2.00 bits per heavy atom. The molecule has 0 unspecified atom stereocenters. The number of aryl methyl sites for hydroxylation is 1. The molecule has 1 N–H and O–H groups in total. The highest BCUT2D eigenvalue weighted by Crippen LogP contribution is 2.30. The Labute approximate surface area is 161 Å². The minimum Gasteiger partial charge on any atom is -0.496 e. The van der Waals surface area contributed by atoms with E-state index in [0.29, 0.717) is 6.04 Å². The van der Waals surface area contributed by atoms with E-state index >= 15 is 0 Å². The molecule has 140 valence electrons. The van der Waals surface area contributed by atoms with Crippen molar-refractivity contribution in [2.24, 2.45) is 0 Å². The summed E-state index contributed by atoms with van der Waals surface area (Å²) in [5.41, 5.74) is 6.51. The van der Waals surface area contributed by atoms with Crippen molar-refractivity contribution in [3.63, 3.8) is 0 Å². The fourth-order valence-electron chi connectivity index (χ4n) is 4.01. The molecule has 0 radical (unpaired) electrons. The first-order valence-electron chi connectivity index (χ1n) is 9.70. The van der Waals surface area contributed by atoms with E-state index in [1.165, 1.54) is 40.8 Å². The molecule has 0 amide bonds. The third kappa shape index (κ3) is 3.91. The highest BCUT2D eigenvalue weighted by atomic mass is 16.5. The number of nitrogens with one attached hydrogen (secondary N) is 1. The Bertz CT molecular complexity index is 901. The molecule has 1 heterocycles. The Morgan fingerprint density at radius 1 is 1.15 bits per heavy atom. The number of nitrogens with zero attached hydrogens (tertiary/aromatic N) is 2. The van der Waals surface area contributed by atoms with Gasteiger partial charge in [-0.05, 0) is 48.9 Å². The summed E-state index contributed by atoms with van der Waals surface area (Å²) >= 11 is 0. The lowest BCUT2D eigenvalue weighted by molar-refractivity contribution is 0.411. The normalized spacial score (nSPS) is 16.1. The van der Waals surface area contributed by atoms with Crippen molar-refractivity contribution < 1.29 is 4.74 Å². The van der Waals surface area contributed by atoms with Crippen molar-refractivity contribution >= 4 is 0 Å². The van der Waals surface area contributed by atoms with Gasteiger partial charge in [-0.1, -0.05) is 42.5 Å². The summed E-state index contributed by atoms with van der Waals surface area (Å²) in [6, 6.07) is 17.3. The fourth-order valence-corrected chi connectivity index (χ4v) is 4.01. The molecule has 3 aromatic rings. The summed E-state index contributed by atoms with van der Waals surface area (Å²) in [6.07, 6.45) is 5.54. The molecular weight excluding hydrogens is 334 g/mol. The summed E-state index contributed by atoms with van der Waals surface area (Å²) in [6.45, 7) is 3.80. The van der Waals surface area contributed by atoms with Crippen molar-refractivity contribution in [3.05, 3.63) is 82.7 Å². The van der Waals surface area contributed by atoms with Gasteiger partial charge in [-0.15, -0.1) is 0 Å².